The average Bonchev–Trinajstić information content (AvgIpc) is 3.15. The summed E-state index contributed by atoms with van der Waals surface area (Å²) >= 11 is 0. The van der Waals surface area contributed by atoms with Gasteiger partial charge in [-0.05, 0) is 39.1 Å². The predicted octanol–water partition coefficient (Wildman–Crippen LogP) is 4.89. The lowest BCUT2D eigenvalue weighted by Crippen LogP contribution is -2.22. The van der Waals surface area contributed by atoms with E-state index in [0.29, 0.717) is 23.8 Å². The quantitative estimate of drug-likeness (QED) is 0.341. The Bertz CT molecular complexity index is 1150. The van der Waals surface area contributed by atoms with Gasteiger partial charge in [0.1, 0.15) is 11.3 Å². The van der Waals surface area contributed by atoms with Crippen molar-refractivity contribution in [2.24, 2.45) is 0 Å². The molecule has 0 bridgehead atoms. The molecule has 0 atom stereocenters. The molecular weight excluding hydrogens is 412 g/mol. The van der Waals surface area contributed by atoms with Crippen molar-refractivity contribution in [2.45, 2.75) is 25.9 Å². The maximum Gasteiger partial charge on any atom is 0.225 e. The topological polar surface area (TPSA) is 78.2 Å². The molecule has 4 aromatic rings. The Morgan fingerprint density at radius 3 is 2.09 bits per heavy atom. The number of nitrogens with zero attached hydrogens (tertiary/aromatic N) is 4. The molecule has 0 unspecified atom stereocenters. The summed E-state index contributed by atoms with van der Waals surface area (Å²) in [5, 5.41) is 18.6. The lowest BCUT2D eigenvalue weighted by Gasteiger charge is -2.21. The second kappa shape index (κ2) is 9.92. The molecule has 7 nitrogen and oxygen atoms in total. The zero-order valence-corrected chi connectivity index (χ0v) is 19.7. The highest BCUT2D eigenvalue weighted by molar-refractivity contribution is 5.94. The van der Waals surface area contributed by atoms with Crippen LogP contribution in [-0.4, -0.2) is 51.7 Å². The molecule has 0 aliphatic heterocycles. The summed E-state index contributed by atoms with van der Waals surface area (Å²) in [5.41, 5.74) is 2.80. The van der Waals surface area contributed by atoms with Crippen molar-refractivity contribution in [1.82, 2.24) is 19.4 Å². The number of nitrogens with one attached hydrogen (secondary N) is 2. The van der Waals surface area contributed by atoms with Gasteiger partial charge in [-0.2, -0.15) is 4.98 Å². The van der Waals surface area contributed by atoms with E-state index < -0.39 is 0 Å². The van der Waals surface area contributed by atoms with Crippen LogP contribution < -0.4 is 10.6 Å². The molecule has 0 saturated heterocycles. The lowest BCUT2D eigenvalue weighted by molar-refractivity contribution is 0.404. The van der Waals surface area contributed by atoms with E-state index in [1.165, 1.54) is 0 Å². The van der Waals surface area contributed by atoms with Gasteiger partial charge in [0.2, 0.25) is 11.8 Å². The van der Waals surface area contributed by atoms with Gasteiger partial charge in [0.15, 0.2) is 0 Å². The fraction of sp³-hybridized carbons (Fsp3) is 0.308. The predicted molar refractivity (Wildman–Crippen MR) is 135 cm³/mol. The Morgan fingerprint density at radius 1 is 0.939 bits per heavy atom. The second-order valence-electron chi connectivity index (χ2n) is 8.74. The molecule has 33 heavy (non-hydrogen) atoms. The number of rotatable bonds is 9. The molecular formula is C26H32N6O. The van der Waals surface area contributed by atoms with Gasteiger partial charge in [0.05, 0.1) is 11.4 Å². The van der Waals surface area contributed by atoms with Crippen LogP contribution in [0.15, 0.2) is 66.9 Å². The fourth-order valence-electron chi connectivity index (χ4n) is 3.85. The van der Waals surface area contributed by atoms with Crippen molar-refractivity contribution in [1.29, 1.82) is 0 Å². The first-order valence-electron chi connectivity index (χ1n) is 11.3. The van der Waals surface area contributed by atoms with Crippen molar-refractivity contribution >= 4 is 22.7 Å². The summed E-state index contributed by atoms with van der Waals surface area (Å²) in [5.74, 6) is 1.32. The van der Waals surface area contributed by atoms with Gasteiger partial charge in [-0.1, -0.05) is 60.7 Å². The third-order valence-electron chi connectivity index (χ3n) is 5.62. The largest absolute Gasteiger partial charge is 0.493 e. The van der Waals surface area contributed by atoms with E-state index >= 15 is 0 Å². The van der Waals surface area contributed by atoms with Crippen LogP contribution in [0.2, 0.25) is 0 Å². The molecule has 172 valence electrons. The number of aromatic hydroxyl groups is 1. The number of anilines is 2. The fourth-order valence-corrected chi connectivity index (χ4v) is 3.85. The van der Waals surface area contributed by atoms with Crippen LogP contribution >= 0.6 is 0 Å². The number of fused-ring (bicyclic) bond motifs is 1. The van der Waals surface area contributed by atoms with E-state index in [1.54, 1.807) is 0 Å². The second-order valence-corrected chi connectivity index (χ2v) is 8.74. The summed E-state index contributed by atoms with van der Waals surface area (Å²) in [6.07, 6.45) is 1.92. The summed E-state index contributed by atoms with van der Waals surface area (Å²) in [4.78, 5) is 11.6. The maximum atomic E-state index is 10.9. The first-order valence-corrected chi connectivity index (χ1v) is 11.3. The molecule has 0 aliphatic rings. The molecule has 0 radical (unpaired) electrons. The van der Waals surface area contributed by atoms with Crippen molar-refractivity contribution in [3.05, 3.63) is 78.0 Å². The van der Waals surface area contributed by atoms with E-state index in [1.807, 2.05) is 75.1 Å². The van der Waals surface area contributed by atoms with Crippen LogP contribution in [0.1, 0.15) is 37.1 Å². The maximum absolute atomic E-state index is 10.9. The Morgan fingerprint density at radius 2 is 1.55 bits per heavy atom. The van der Waals surface area contributed by atoms with Crippen LogP contribution in [0, 0.1) is 0 Å². The van der Waals surface area contributed by atoms with Crippen LogP contribution in [0.4, 0.5) is 11.8 Å². The first-order chi connectivity index (χ1) is 15.9. The van der Waals surface area contributed by atoms with Crippen molar-refractivity contribution in [2.75, 3.05) is 37.8 Å². The Kier molecular flexibility index (Phi) is 6.79. The van der Waals surface area contributed by atoms with Gasteiger partial charge in [0.25, 0.3) is 0 Å². The smallest absolute Gasteiger partial charge is 0.225 e. The summed E-state index contributed by atoms with van der Waals surface area (Å²) in [7, 11) is 4.05. The molecule has 2 heterocycles. The van der Waals surface area contributed by atoms with E-state index in [-0.39, 0.29) is 18.0 Å². The minimum atomic E-state index is -0.107. The molecule has 0 aliphatic carbocycles. The molecule has 0 saturated carbocycles. The van der Waals surface area contributed by atoms with Gasteiger partial charge in [-0.15, -0.1) is 0 Å². The summed E-state index contributed by atoms with van der Waals surface area (Å²) in [6.45, 7) is 5.61. The Labute approximate surface area is 195 Å². The molecule has 0 fully saturated rings. The van der Waals surface area contributed by atoms with E-state index in [2.05, 4.69) is 44.8 Å². The molecule has 2 aromatic carbocycles. The SMILES string of the molecule is CC(C)n1cc2c(NC(c3ccccc3)c3ccccc3)nc(NCCN(C)C)nc2c1O. The van der Waals surface area contributed by atoms with Crippen molar-refractivity contribution in [3.63, 3.8) is 0 Å². The molecule has 2 aromatic heterocycles. The first kappa shape index (κ1) is 22.6. The zero-order chi connectivity index (χ0) is 23.4. The molecule has 0 amide bonds. The van der Waals surface area contributed by atoms with Gasteiger partial charge in [0, 0.05) is 25.3 Å². The minimum absolute atomic E-state index is 0.0937. The molecule has 4 rings (SSSR count). The highest BCUT2D eigenvalue weighted by atomic mass is 16.3. The van der Waals surface area contributed by atoms with Crippen LogP contribution in [0.25, 0.3) is 10.9 Å². The van der Waals surface area contributed by atoms with Gasteiger partial charge >= 0.3 is 0 Å². The monoisotopic (exact) mass is 444 g/mol. The third kappa shape index (κ3) is 5.09. The zero-order valence-electron chi connectivity index (χ0n) is 19.7. The third-order valence-corrected chi connectivity index (χ3v) is 5.62. The van der Waals surface area contributed by atoms with Gasteiger partial charge in [-0.25, -0.2) is 4.98 Å². The van der Waals surface area contributed by atoms with E-state index in [4.69, 9.17) is 4.98 Å². The van der Waals surface area contributed by atoms with Crippen LogP contribution in [-0.2, 0) is 0 Å². The number of likely N-dealkylation sites (N-methyl/N-ethyl adjacent to an activating group) is 1. The van der Waals surface area contributed by atoms with Crippen molar-refractivity contribution in [3.8, 4) is 5.88 Å². The van der Waals surface area contributed by atoms with E-state index in [9.17, 15) is 5.11 Å². The highest BCUT2D eigenvalue weighted by Crippen LogP contribution is 2.35. The number of hydrogen-bond acceptors (Lipinski definition) is 6. The molecule has 3 N–H and O–H groups in total. The summed E-state index contributed by atoms with van der Waals surface area (Å²) < 4.78 is 1.83. The van der Waals surface area contributed by atoms with Gasteiger partial charge < -0.3 is 25.2 Å². The minimum Gasteiger partial charge on any atom is -0.493 e. The summed E-state index contributed by atoms with van der Waals surface area (Å²) in [6, 6.07) is 20.6. The number of hydrogen-bond donors (Lipinski definition) is 3. The highest BCUT2D eigenvalue weighted by Gasteiger charge is 2.21. The van der Waals surface area contributed by atoms with Crippen LogP contribution in [0.5, 0.6) is 5.88 Å². The normalized spacial score (nSPS) is 11.6. The Balaban J connectivity index is 1.80. The Hall–Kier alpha value is -3.58. The molecule has 0 spiro atoms. The van der Waals surface area contributed by atoms with Gasteiger partial charge in [-0.3, -0.25) is 0 Å². The lowest BCUT2D eigenvalue weighted by atomic mass is 9.98. The van der Waals surface area contributed by atoms with Crippen molar-refractivity contribution < 1.29 is 5.11 Å². The number of aromatic nitrogens is 3. The average molecular weight is 445 g/mol. The number of benzene rings is 2. The van der Waals surface area contributed by atoms with Crippen LogP contribution in [0.3, 0.4) is 0 Å². The van der Waals surface area contributed by atoms with E-state index in [0.717, 1.165) is 23.1 Å². The molecule has 7 heteroatoms. The standard InChI is InChI=1S/C26H32N6O/c1-18(2)32-17-21-23(25(32)33)29-26(27-15-16-31(3)4)30-24(21)28-22(19-11-7-5-8-12-19)20-13-9-6-10-14-20/h5-14,17-18,22,33H,15-16H2,1-4H3,(H2,27,28,29,30).